The molecule has 22 heavy (non-hydrogen) atoms. The normalized spacial score (nSPS) is 15.9. The molecule has 2 nitrogen and oxygen atoms in total. The lowest BCUT2D eigenvalue weighted by Crippen LogP contribution is -1.97. The number of hydrogen-bond acceptors (Lipinski definition) is 2. The van der Waals surface area contributed by atoms with Gasteiger partial charge < -0.3 is 4.74 Å². The van der Waals surface area contributed by atoms with Gasteiger partial charge in [-0.15, -0.1) is 0 Å². The predicted molar refractivity (Wildman–Crippen MR) is 92.7 cm³/mol. The zero-order valence-electron chi connectivity index (χ0n) is 11.1. The minimum atomic E-state index is -0.422. The summed E-state index contributed by atoms with van der Waals surface area (Å²) in [5.41, 5.74) is 1.84. The Morgan fingerprint density at radius 1 is 1.00 bits per heavy atom. The van der Waals surface area contributed by atoms with Crippen molar-refractivity contribution in [2.45, 2.75) is 0 Å². The van der Waals surface area contributed by atoms with E-state index in [4.69, 9.17) is 27.9 Å². The lowest BCUT2D eigenvalue weighted by molar-refractivity contribution is -0.130. The summed E-state index contributed by atoms with van der Waals surface area (Å²) in [7, 11) is 0. The van der Waals surface area contributed by atoms with E-state index in [0.717, 1.165) is 10.0 Å². The molecular weight excluding hydrogens is 387 g/mol. The van der Waals surface area contributed by atoms with Crippen molar-refractivity contribution in [2.75, 3.05) is 0 Å². The molecular formula is C17H9BrCl2O2. The number of carbonyl (C=O) groups excluding carboxylic acids is 1. The largest absolute Gasteiger partial charge is 0.422 e. The van der Waals surface area contributed by atoms with E-state index < -0.39 is 5.97 Å². The first kappa shape index (κ1) is 15.3. The Balaban J connectivity index is 1.99. The van der Waals surface area contributed by atoms with Gasteiger partial charge in [-0.25, -0.2) is 4.79 Å². The van der Waals surface area contributed by atoms with Crippen LogP contribution in [0.3, 0.4) is 0 Å². The second-order valence-corrected chi connectivity index (χ2v) is 6.37. The smallest absolute Gasteiger partial charge is 0.343 e. The molecule has 0 amide bonds. The summed E-state index contributed by atoms with van der Waals surface area (Å²) in [5, 5.41) is 0.969. The molecule has 5 heteroatoms. The quantitative estimate of drug-likeness (QED) is 0.478. The third kappa shape index (κ3) is 3.12. The minimum absolute atomic E-state index is 0.410. The molecule has 1 aliphatic rings. The van der Waals surface area contributed by atoms with E-state index >= 15 is 0 Å². The fraction of sp³-hybridized carbons (Fsp3) is 0. The first-order valence-corrected chi connectivity index (χ1v) is 7.95. The van der Waals surface area contributed by atoms with Gasteiger partial charge >= 0.3 is 5.97 Å². The molecule has 1 aliphatic heterocycles. The monoisotopic (exact) mass is 394 g/mol. The molecule has 0 atom stereocenters. The highest BCUT2D eigenvalue weighted by Gasteiger charge is 2.22. The molecule has 0 aromatic heterocycles. The number of carbonyl (C=O) groups is 1. The highest BCUT2D eigenvalue weighted by atomic mass is 79.9. The molecule has 2 aromatic rings. The molecule has 2 aromatic carbocycles. The van der Waals surface area contributed by atoms with Crippen LogP contribution in [0.4, 0.5) is 0 Å². The Hall–Kier alpha value is -1.55. The first-order chi connectivity index (χ1) is 10.5. The third-order valence-electron chi connectivity index (χ3n) is 3.15. The molecule has 110 valence electrons. The topological polar surface area (TPSA) is 26.3 Å². The van der Waals surface area contributed by atoms with Crippen LogP contribution in [-0.4, -0.2) is 5.97 Å². The van der Waals surface area contributed by atoms with Gasteiger partial charge in [0.25, 0.3) is 0 Å². The van der Waals surface area contributed by atoms with Crippen molar-refractivity contribution in [3.63, 3.8) is 0 Å². The molecule has 0 saturated heterocycles. The van der Waals surface area contributed by atoms with Gasteiger partial charge in [-0.3, -0.25) is 0 Å². The molecule has 0 N–H and O–H groups in total. The first-order valence-electron chi connectivity index (χ1n) is 6.40. The lowest BCUT2D eigenvalue weighted by atomic mass is 10.1. The number of rotatable bonds is 2. The number of halogens is 3. The van der Waals surface area contributed by atoms with Gasteiger partial charge in [-0.1, -0.05) is 57.3 Å². The van der Waals surface area contributed by atoms with E-state index in [1.54, 1.807) is 30.4 Å². The standard InChI is InChI=1S/C17H9BrCl2O2/c18-12-6-4-10(5-7-12)16-9-11(17(21)22-16)8-13-14(19)2-1-3-15(13)20/h1-9H/b11-8+. The van der Waals surface area contributed by atoms with E-state index in [-0.39, 0.29) is 0 Å². The van der Waals surface area contributed by atoms with Crippen molar-refractivity contribution < 1.29 is 9.53 Å². The van der Waals surface area contributed by atoms with Crippen molar-refractivity contribution >= 4 is 56.9 Å². The van der Waals surface area contributed by atoms with E-state index in [2.05, 4.69) is 15.9 Å². The van der Waals surface area contributed by atoms with Gasteiger partial charge in [0.15, 0.2) is 0 Å². The Labute approximate surface area is 146 Å². The summed E-state index contributed by atoms with van der Waals surface area (Å²) in [5.74, 6) is 0.0841. The van der Waals surface area contributed by atoms with Gasteiger partial charge in [0.05, 0.1) is 5.57 Å². The van der Waals surface area contributed by atoms with Crippen molar-refractivity contribution in [1.29, 1.82) is 0 Å². The van der Waals surface area contributed by atoms with Crippen LogP contribution in [0, 0.1) is 0 Å². The zero-order valence-corrected chi connectivity index (χ0v) is 14.2. The number of ether oxygens (including phenoxy) is 1. The van der Waals surface area contributed by atoms with E-state index in [9.17, 15) is 4.79 Å². The highest BCUT2D eigenvalue weighted by molar-refractivity contribution is 9.10. The fourth-order valence-electron chi connectivity index (χ4n) is 2.05. The number of esters is 1. The van der Waals surface area contributed by atoms with Crippen LogP contribution in [0.1, 0.15) is 11.1 Å². The molecule has 1 heterocycles. The molecule has 0 spiro atoms. The van der Waals surface area contributed by atoms with Gasteiger partial charge in [0, 0.05) is 25.6 Å². The lowest BCUT2D eigenvalue weighted by Gasteiger charge is -2.02. The third-order valence-corrected chi connectivity index (χ3v) is 4.34. The van der Waals surface area contributed by atoms with Crippen LogP contribution >= 0.6 is 39.1 Å². The Morgan fingerprint density at radius 2 is 1.64 bits per heavy atom. The molecule has 3 rings (SSSR count). The van der Waals surface area contributed by atoms with Crippen LogP contribution in [0.5, 0.6) is 0 Å². The van der Waals surface area contributed by atoms with E-state index in [0.29, 0.717) is 26.9 Å². The van der Waals surface area contributed by atoms with Crippen LogP contribution in [0.15, 0.2) is 58.6 Å². The summed E-state index contributed by atoms with van der Waals surface area (Å²) in [6, 6.07) is 12.7. The minimum Gasteiger partial charge on any atom is -0.422 e. The number of cyclic esters (lactones) is 1. The summed E-state index contributed by atoms with van der Waals surface area (Å²) in [4.78, 5) is 12.0. The second-order valence-electron chi connectivity index (χ2n) is 4.64. The maximum atomic E-state index is 12.0. The van der Waals surface area contributed by atoms with Crippen molar-refractivity contribution in [3.05, 3.63) is 79.8 Å². The molecule has 0 bridgehead atoms. The van der Waals surface area contributed by atoms with E-state index in [1.165, 1.54) is 0 Å². The zero-order chi connectivity index (χ0) is 15.7. The second kappa shape index (κ2) is 6.29. The average Bonchev–Trinajstić information content (AvgIpc) is 2.85. The fourth-order valence-corrected chi connectivity index (χ4v) is 2.82. The Bertz CT molecular complexity index is 788. The Morgan fingerprint density at radius 3 is 2.27 bits per heavy atom. The van der Waals surface area contributed by atoms with Crippen molar-refractivity contribution in [3.8, 4) is 0 Å². The maximum Gasteiger partial charge on any atom is 0.343 e. The van der Waals surface area contributed by atoms with Gasteiger partial charge in [0.2, 0.25) is 0 Å². The summed E-state index contributed by atoms with van der Waals surface area (Å²) in [6.07, 6.45) is 3.32. The molecule has 0 saturated carbocycles. The van der Waals surface area contributed by atoms with Crippen LogP contribution < -0.4 is 0 Å². The average molecular weight is 396 g/mol. The SMILES string of the molecule is O=C1OC(c2ccc(Br)cc2)=C/C1=C\c1c(Cl)cccc1Cl. The molecule has 0 unspecified atom stereocenters. The van der Waals surface area contributed by atoms with Gasteiger partial charge in [-0.05, 0) is 36.4 Å². The van der Waals surface area contributed by atoms with Crippen LogP contribution in [0.25, 0.3) is 11.8 Å². The van der Waals surface area contributed by atoms with Gasteiger partial charge in [0.1, 0.15) is 5.76 Å². The van der Waals surface area contributed by atoms with Crippen molar-refractivity contribution in [1.82, 2.24) is 0 Å². The summed E-state index contributed by atoms with van der Waals surface area (Å²) in [6.45, 7) is 0. The molecule has 0 aliphatic carbocycles. The van der Waals surface area contributed by atoms with Gasteiger partial charge in [-0.2, -0.15) is 0 Å². The van der Waals surface area contributed by atoms with E-state index in [1.807, 2.05) is 24.3 Å². The summed E-state index contributed by atoms with van der Waals surface area (Å²) >= 11 is 15.6. The number of hydrogen-bond donors (Lipinski definition) is 0. The molecule has 0 fully saturated rings. The highest BCUT2D eigenvalue weighted by Crippen LogP contribution is 2.31. The molecule has 0 radical (unpaired) electrons. The Kier molecular flexibility index (Phi) is 4.39. The number of benzene rings is 2. The van der Waals surface area contributed by atoms with Crippen LogP contribution in [-0.2, 0) is 9.53 Å². The summed E-state index contributed by atoms with van der Waals surface area (Å²) < 4.78 is 6.26. The van der Waals surface area contributed by atoms with Crippen molar-refractivity contribution in [2.24, 2.45) is 0 Å². The van der Waals surface area contributed by atoms with Crippen LogP contribution in [0.2, 0.25) is 10.0 Å². The predicted octanol–water partition coefficient (Wildman–Crippen LogP) is 5.74. The maximum absolute atomic E-state index is 12.0.